The van der Waals surface area contributed by atoms with E-state index in [1.807, 2.05) is 6.07 Å². The van der Waals surface area contributed by atoms with Crippen molar-refractivity contribution in [3.05, 3.63) is 30.1 Å². The van der Waals surface area contributed by atoms with Gasteiger partial charge < -0.3 is 14.9 Å². The summed E-state index contributed by atoms with van der Waals surface area (Å²) < 4.78 is 0. The average Bonchev–Trinajstić information content (AvgIpc) is 2.38. The second kappa shape index (κ2) is 6.47. The lowest BCUT2D eigenvalue weighted by Gasteiger charge is -2.40. The highest BCUT2D eigenvalue weighted by atomic mass is 16.3. The average molecular weight is 277 g/mol. The highest BCUT2D eigenvalue weighted by Crippen LogP contribution is 2.16. The second-order valence-electron chi connectivity index (χ2n) is 4.96. The van der Waals surface area contributed by atoms with Gasteiger partial charge in [-0.25, -0.2) is 0 Å². The second-order valence-corrected chi connectivity index (χ2v) is 4.96. The van der Waals surface area contributed by atoms with Gasteiger partial charge >= 0.3 is 0 Å². The SMILES string of the molecule is CN(CC(=O)N1CCC1CO)C(=O)Cc1ccccn1. The van der Waals surface area contributed by atoms with E-state index in [0.717, 1.165) is 6.42 Å². The number of carbonyl (C=O) groups is 2. The molecule has 1 unspecified atom stereocenters. The van der Waals surface area contributed by atoms with E-state index in [1.54, 1.807) is 30.3 Å². The van der Waals surface area contributed by atoms with Crippen molar-refractivity contribution in [1.29, 1.82) is 0 Å². The predicted molar refractivity (Wildman–Crippen MR) is 72.8 cm³/mol. The van der Waals surface area contributed by atoms with E-state index >= 15 is 0 Å². The van der Waals surface area contributed by atoms with E-state index in [4.69, 9.17) is 5.11 Å². The number of aliphatic hydroxyl groups excluding tert-OH is 1. The first-order valence-electron chi connectivity index (χ1n) is 6.66. The van der Waals surface area contributed by atoms with Gasteiger partial charge in [0.25, 0.3) is 0 Å². The van der Waals surface area contributed by atoms with Crippen LogP contribution in [0.5, 0.6) is 0 Å². The van der Waals surface area contributed by atoms with Gasteiger partial charge in [0.2, 0.25) is 11.8 Å². The topological polar surface area (TPSA) is 73.7 Å². The Hall–Kier alpha value is -1.95. The molecule has 2 rings (SSSR count). The molecular weight excluding hydrogens is 258 g/mol. The van der Waals surface area contributed by atoms with Crippen LogP contribution in [0.2, 0.25) is 0 Å². The molecule has 0 bridgehead atoms. The number of likely N-dealkylation sites (N-methyl/N-ethyl adjacent to an activating group) is 1. The molecule has 2 amide bonds. The van der Waals surface area contributed by atoms with Gasteiger partial charge in [-0.05, 0) is 18.6 Å². The van der Waals surface area contributed by atoms with Crippen LogP contribution in [0.25, 0.3) is 0 Å². The highest BCUT2D eigenvalue weighted by Gasteiger charge is 2.32. The molecule has 1 fully saturated rings. The van der Waals surface area contributed by atoms with Gasteiger partial charge in [-0.1, -0.05) is 6.07 Å². The Morgan fingerprint density at radius 1 is 1.50 bits per heavy atom. The largest absolute Gasteiger partial charge is 0.394 e. The molecule has 108 valence electrons. The summed E-state index contributed by atoms with van der Waals surface area (Å²) in [4.78, 5) is 31.1. The Kier molecular flexibility index (Phi) is 4.68. The molecule has 0 aliphatic carbocycles. The first-order chi connectivity index (χ1) is 9.61. The van der Waals surface area contributed by atoms with Crippen molar-refractivity contribution in [3.63, 3.8) is 0 Å². The molecule has 1 saturated heterocycles. The fourth-order valence-electron chi connectivity index (χ4n) is 2.13. The van der Waals surface area contributed by atoms with Gasteiger partial charge in [-0.3, -0.25) is 14.6 Å². The smallest absolute Gasteiger partial charge is 0.242 e. The minimum absolute atomic E-state index is 0.0165. The summed E-state index contributed by atoms with van der Waals surface area (Å²) in [5.41, 5.74) is 0.689. The lowest BCUT2D eigenvalue weighted by molar-refractivity contribution is -0.145. The van der Waals surface area contributed by atoms with Crippen molar-refractivity contribution < 1.29 is 14.7 Å². The Bertz CT molecular complexity index is 476. The zero-order valence-corrected chi connectivity index (χ0v) is 11.5. The van der Waals surface area contributed by atoms with Crippen LogP contribution >= 0.6 is 0 Å². The van der Waals surface area contributed by atoms with E-state index in [2.05, 4.69) is 4.98 Å². The summed E-state index contributed by atoms with van der Waals surface area (Å²) in [6.45, 7) is 0.686. The number of rotatable bonds is 5. The van der Waals surface area contributed by atoms with Gasteiger partial charge in [0.1, 0.15) is 0 Å². The van der Waals surface area contributed by atoms with Crippen molar-refractivity contribution in [2.24, 2.45) is 0 Å². The van der Waals surface area contributed by atoms with Crippen LogP contribution in [-0.4, -0.2) is 64.5 Å². The van der Waals surface area contributed by atoms with Crippen molar-refractivity contribution in [2.45, 2.75) is 18.9 Å². The van der Waals surface area contributed by atoms with E-state index < -0.39 is 0 Å². The van der Waals surface area contributed by atoms with Crippen LogP contribution in [-0.2, 0) is 16.0 Å². The fourth-order valence-corrected chi connectivity index (χ4v) is 2.13. The lowest BCUT2D eigenvalue weighted by atomic mass is 10.0. The fraction of sp³-hybridized carbons (Fsp3) is 0.500. The number of aliphatic hydroxyl groups is 1. The van der Waals surface area contributed by atoms with Crippen molar-refractivity contribution in [1.82, 2.24) is 14.8 Å². The quantitative estimate of drug-likeness (QED) is 0.800. The summed E-state index contributed by atoms with van der Waals surface area (Å²) in [5.74, 6) is -0.259. The molecule has 2 heterocycles. The molecule has 1 aromatic rings. The Labute approximate surface area is 118 Å². The Morgan fingerprint density at radius 3 is 2.85 bits per heavy atom. The van der Waals surface area contributed by atoms with Gasteiger partial charge in [0.15, 0.2) is 0 Å². The van der Waals surface area contributed by atoms with Crippen LogP contribution in [0.15, 0.2) is 24.4 Å². The highest BCUT2D eigenvalue weighted by molar-refractivity contribution is 5.86. The third kappa shape index (κ3) is 3.33. The summed E-state index contributed by atoms with van der Waals surface area (Å²) in [6.07, 6.45) is 2.65. The maximum absolute atomic E-state index is 12.0. The van der Waals surface area contributed by atoms with Crippen LogP contribution in [0.1, 0.15) is 12.1 Å². The summed E-state index contributed by atoms with van der Waals surface area (Å²) >= 11 is 0. The number of pyridine rings is 1. The number of amides is 2. The number of likely N-dealkylation sites (tertiary alicyclic amines) is 1. The lowest BCUT2D eigenvalue weighted by Crippen LogP contribution is -2.55. The number of hydrogen-bond donors (Lipinski definition) is 1. The van der Waals surface area contributed by atoms with Crippen molar-refractivity contribution in [3.8, 4) is 0 Å². The van der Waals surface area contributed by atoms with Gasteiger partial charge in [-0.2, -0.15) is 0 Å². The predicted octanol–water partition coefficient (Wildman–Crippen LogP) is -0.324. The zero-order valence-electron chi connectivity index (χ0n) is 11.5. The standard InChI is InChI=1S/C14H19N3O3/c1-16(9-14(20)17-7-5-12(17)10-18)13(19)8-11-4-2-3-6-15-11/h2-4,6,12,18H,5,7-10H2,1H3. The Morgan fingerprint density at radius 2 is 2.30 bits per heavy atom. The molecule has 1 N–H and O–H groups in total. The molecule has 0 saturated carbocycles. The summed E-state index contributed by atoms with van der Waals surface area (Å²) in [7, 11) is 1.61. The Balaban J connectivity index is 1.83. The molecule has 0 aromatic carbocycles. The van der Waals surface area contributed by atoms with E-state index in [9.17, 15) is 9.59 Å². The molecule has 0 spiro atoms. The van der Waals surface area contributed by atoms with Crippen molar-refractivity contribution in [2.75, 3.05) is 26.7 Å². The molecule has 6 heteroatoms. The van der Waals surface area contributed by atoms with Crippen molar-refractivity contribution >= 4 is 11.8 Å². The molecule has 1 aliphatic rings. The zero-order chi connectivity index (χ0) is 14.5. The monoisotopic (exact) mass is 277 g/mol. The number of hydrogen-bond acceptors (Lipinski definition) is 4. The number of carbonyl (C=O) groups excluding carboxylic acids is 2. The van der Waals surface area contributed by atoms with Gasteiger partial charge in [0.05, 0.1) is 25.6 Å². The third-order valence-corrected chi connectivity index (χ3v) is 3.53. The molecule has 6 nitrogen and oxygen atoms in total. The molecule has 1 aromatic heterocycles. The van der Waals surface area contributed by atoms with E-state index in [1.165, 1.54) is 4.90 Å². The minimum Gasteiger partial charge on any atom is -0.394 e. The molecular formula is C14H19N3O3. The van der Waals surface area contributed by atoms with Crippen LogP contribution in [0.3, 0.4) is 0 Å². The summed E-state index contributed by atoms with van der Waals surface area (Å²) in [5, 5.41) is 9.06. The molecule has 1 atom stereocenters. The third-order valence-electron chi connectivity index (χ3n) is 3.53. The first-order valence-corrected chi connectivity index (χ1v) is 6.66. The maximum atomic E-state index is 12.0. The van der Waals surface area contributed by atoms with Gasteiger partial charge in [0, 0.05) is 25.5 Å². The van der Waals surface area contributed by atoms with Crippen LogP contribution < -0.4 is 0 Å². The number of aromatic nitrogens is 1. The van der Waals surface area contributed by atoms with Crippen LogP contribution in [0.4, 0.5) is 0 Å². The van der Waals surface area contributed by atoms with E-state index in [0.29, 0.717) is 12.2 Å². The normalized spacial score (nSPS) is 17.5. The number of nitrogens with zero attached hydrogens (tertiary/aromatic N) is 3. The molecule has 0 radical (unpaired) electrons. The van der Waals surface area contributed by atoms with Crippen LogP contribution in [0, 0.1) is 0 Å². The first kappa shape index (κ1) is 14.5. The molecule has 1 aliphatic heterocycles. The molecule has 20 heavy (non-hydrogen) atoms. The maximum Gasteiger partial charge on any atom is 0.242 e. The van der Waals surface area contributed by atoms with E-state index in [-0.39, 0.29) is 37.4 Å². The minimum atomic E-state index is -0.141. The summed E-state index contributed by atoms with van der Waals surface area (Å²) in [6, 6.07) is 5.32. The van der Waals surface area contributed by atoms with Gasteiger partial charge in [-0.15, -0.1) is 0 Å².